The minimum atomic E-state index is -1.43. The number of carboxylic acids is 1. The van der Waals surface area contributed by atoms with E-state index in [4.69, 9.17) is 11.6 Å². The lowest BCUT2D eigenvalue weighted by atomic mass is 9.77. The number of unbranched alkanes of at least 4 members (excludes halogenated alkanes) is 1. The number of nitrogens with one attached hydrogen (secondary N) is 2. The van der Waals surface area contributed by atoms with Crippen molar-refractivity contribution in [3.63, 3.8) is 0 Å². The maximum atomic E-state index is 12.3. The van der Waals surface area contributed by atoms with E-state index >= 15 is 0 Å². The molecule has 128 valence electrons. The maximum absolute atomic E-state index is 12.3. The number of imide groups is 1. The Morgan fingerprint density at radius 3 is 2.50 bits per heavy atom. The molecule has 24 heavy (non-hydrogen) atoms. The third-order valence-electron chi connectivity index (χ3n) is 5.03. The summed E-state index contributed by atoms with van der Waals surface area (Å²) in [6.07, 6.45) is 1.75. The third kappa shape index (κ3) is 2.50. The number of carbonyl (C=O) groups is 3. The van der Waals surface area contributed by atoms with Gasteiger partial charge in [-0.25, -0.2) is 0 Å². The molecule has 1 aromatic carbocycles. The van der Waals surface area contributed by atoms with E-state index in [0.717, 1.165) is 12.0 Å². The first-order valence-electron chi connectivity index (χ1n) is 8.02. The number of carbonyl (C=O) groups excluding carboxylic acids is 2. The molecule has 3 N–H and O–H groups in total. The first kappa shape index (κ1) is 16.9. The van der Waals surface area contributed by atoms with E-state index < -0.39 is 41.2 Å². The summed E-state index contributed by atoms with van der Waals surface area (Å²) in [6, 6.07) is 6.35. The molecule has 2 amide bonds. The van der Waals surface area contributed by atoms with Gasteiger partial charge in [-0.3, -0.25) is 25.0 Å². The van der Waals surface area contributed by atoms with Gasteiger partial charge in [0, 0.05) is 11.1 Å². The molecule has 0 bridgehead atoms. The van der Waals surface area contributed by atoms with Crippen LogP contribution in [-0.4, -0.2) is 28.4 Å². The van der Waals surface area contributed by atoms with Gasteiger partial charge in [0.15, 0.2) is 0 Å². The average molecular weight is 351 g/mol. The van der Waals surface area contributed by atoms with Gasteiger partial charge in [-0.1, -0.05) is 43.5 Å². The zero-order valence-corrected chi connectivity index (χ0v) is 14.0. The van der Waals surface area contributed by atoms with E-state index in [9.17, 15) is 19.5 Å². The van der Waals surface area contributed by atoms with Crippen molar-refractivity contribution in [1.82, 2.24) is 10.6 Å². The van der Waals surface area contributed by atoms with Crippen LogP contribution < -0.4 is 10.6 Å². The Hall–Kier alpha value is -1.92. The Bertz CT molecular complexity index is 690. The molecule has 0 aliphatic carbocycles. The number of rotatable bonds is 5. The van der Waals surface area contributed by atoms with Crippen molar-refractivity contribution in [2.75, 3.05) is 0 Å². The van der Waals surface area contributed by atoms with Crippen molar-refractivity contribution < 1.29 is 19.5 Å². The second kappa shape index (κ2) is 6.18. The van der Waals surface area contributed by atoms with Gasteiger partial charge in [0.25, 0.3) is 0 Å². The summed E-state index contributed by atoms with van der Waals surface area (Å²) in [5.41, 5.74) is -0.680. The van der Waals surface area contributed by atoms with Crippen molar-refractivity contribution in [2.45, 2.75) is 37.8 Å². The summed E-state index contributed by atoms with van der Waals surface area (Å²) < 4.78 is 0. The molecular formula is C17H19ClN2O4. The largest absolute Gasteiger partial charge is 0.480 e. The van der Waals surface area contributed by atoms with E-state index in [1.54, 1.807) is 24.3 Å². The Morgan fingerprint density at radius 1 is 1.25 bits per heavy atom. The Kier molecular flexibility index (Phi) is 4.36. The van der Waals surface area contributed by atoms with Crippen molar-refractivity contribution >= 4 is 29.4 Å². The standard InChI is InChI=1S/C17H19ClN2O4/c1-2-3-8-17(16(23)24)12-11(14(21)19-15(12)22)13(20-17)9-4-6-10(18)7-5-9/h4-7,11-13,20H,2-3,8H2,1H3,(H,23,24)(H,19,21,22). The predicted octanol–water partition coefficient (Wildman–Crippen LogP) is 1.89. The number of hydrogen-bond donors (Lipinski definition) is 3. The molecule has 4 unspecified atom stereocenters. The number of halogens is 1. The van der Waals surface area contributed by atoms with E-state index in [1.165, 1.54) is 0 Å². The number of amides is 2. The fraction of sp³-hybridized carbons (Fsp3) is 0.471. The first-order chi connectivity index (χ1) is 11.4. The van der Waals surface area contributed by atoms with Gasteiger partial charge in [-0.2, -0.15) is 0 Å². The van der Waals surface area contributed by atoms with Crippen LogP contribution in [-0.2, 0) is 14.4 Å². The van der Waals surface area contributed by atoms with Crippen LogP contribution in [0.25, 0.3) is 0 Å². The van der Waals surface area contributed by atoms with Crippen LogP contribution in [0.3, 0.4) is 0 Å². The second-order valence-corrected chi connectivity index (χ2v) is 6.85. The molecule has 1 aromatic rings. The fourth-order valence-corrected chi connectivity index (χ4v) is 4.00. The van der Waals surface area contributed by atoms with E-state index in [1.807, 2.05) is 6.92 Å². The zero-order chi connectivity index (χ0) is 17.5. The molecule has 4 atom stereocenters. The molecule has 3 rings (SSSR count). The second-order valence-electron chi connectivity index (χ2n) is 6.41. The van der Waals surface area contributed by atoms with Gasteiger partial charge >= 0.3 is 5.97 Å². The molecule has 0 saturated carbocycles. The normalized spacial score (nSPS) is 31.8. The van der Waals surface area contributed by atoms with Crippen molar-refractivity contribution in [2.24, 2.45) is 11.8 Å². The summed E-state index contributed by atoms with van der Waals surface area (Å²) in [5, 5.41) is 15.8. The van der Waals surface area contributed by atoms with Gasteiger partial charge in [0.05, 0.1) is 11.8 Å². The van der Waals surface area contributed by atoms with E-state index in [0.29, 0.717) is 17.9 Å². The minimum Gasteiger partial charge on any atom is -0.480 e. The molecule has 2 saturated heterocycles. The number of aliphatic carboxylic acids is 1. The van der Waals surface area contributed by atoms with Gasteiger partial charge in [-0.05, 0) is 24.1 Å². The molecule has 0 spiro atoms. The van der Waals surface area contributed by atoms with Crippen LogP contribution in [0.5, 0.6) is 0 Å². The summed E-state index contributed by atoms with van der Waals surface area (Å²) >= 11 is 5.91. The highest BCUT2D eigenvalue weighted by Crippen LogP contribution is 2.48. The van der Waals surface area contributed by atoms with Crippen LogP contribution >= 0.6 is 11.6 Å². The molecule has 7 heteroatoms. The number of hydrogen-bond acceptors (Lipinski definition) is 4. The summed E-state index contributed by atoms with van der Waals surface area (Å²) in [7, 11) is 0. The topological polar surface area (TPSA) is 95.5 Å². The highest BCUT2D eigenvalue weighted by Gasteiger charge is 2.65. The summed E-state index contributed by atoms with van der Waals surface area (Å²) in [6.45, 7) is 1.96. The highest BCUT2D eigenvalue weighted by atomic mass is 35.5. The van der Waals surface area contributed by atoms with E-state index in [2.05, 4.69) is 10.6 Å². The molecule has 2 aliphatic heterocycles. The smallest absolute Gasteiger partial charge is 0.324 e. The zero-order valence-electron chi connectivity index (χ0n) is 13.2. The first-order valence-corrected chi connectivity index (χ1v) is 8.39. The van der Waals surface area contributed by atoms with Crippen LogP contribution in [0.15, 0.2) is 24.3 Å². The average Bonchev–Trinajstić information content (AvgIpc) is 3.04. The van der Waals surface area contributed by atoms with Crippen molar-refractivity contribution in [3.8, 4) is 0 Å². The van der Waals surface area contributed by atoms with Gasteiger partial charge < -0.3 is 5.11 Å². The lowest BCUT2D eigenvalue weighted by Gasteiger charge is -2.29. The molecule has 0 radical (unpaired) electrons. The molecule has 2 fully saturated rings. The quantitative estimate of drug-likeness (QED) is 0.705. The molecule has 2 aliphatic rings. The number of benzene rings is 1. The van der Waals surface area contributed by atoms with Crippen LogP contribution in [0, 0.1) is 11.8 Å². The maximum Gasteiger partial charge on any atom is 0.324 e. The minimum absolute atomic E-state index is 0.296. The SMILES string of the molecule is CCCCC1(C(=O)O)NC(c2ccc(Cl)cc2)C2C(=O)NC(=O)C21. The lowest BCUT2D eigenvalue weighted by Crippen LogP contribution is -2.55. The Morgan fingerprint density at radius 2 is 1.92 bits per heavy atom. The number of fused-ring (bicyclic) bond motifs is 1. The molecular weight excluding hydrogens is 332 g/mol. The molecule has 2 heterocycles. The van der Waals surface area contributed by atoms with Crippen LogP contribution in [0.1, 0.15) is 37.8 Å². The third-order valence-corrected chi connectivity index (χ3v) is 5.28. The van der Waals surface area contributed by atoms with Crippen LogP contribution in [0.4, 0.5) is 0 Å². The molecule has 6 nitrogen and oxygen atoms in total. The number of carboxylic acid groups (broad SMARTS) is 1. The fourth-order valence-electron chi connectivity index (χ4n) is 3.87. The van der Waals surface area contributed by atoms with Crippen molar-refractivity contribution in [3.05, 3.63) is 34.9 Å². The van der Waals surface area contributed by atoms with E-state index in [-0.39, 0.29) is 0 Å². The monoisotopic (exact) mass is 350 g/mol. The predicted molar refractivity (Wildman–Crippen MR) is 87.4 cm³/mol. The van der Waals surface area contributed by atoms with Crippen molar-refractivity contribution in [1.29, 1.82) is 0 Å². The Balaban J connectivity index is 2.06. The highest BCUT2D eigenvalue weighted by molar-refractivity contribution is 6.30. The molecule has 0 aromatic heterocycles. The van der Waals surface area contributed by atoms with Gasteiger partial charge in [0.1, 0.15) is 5.54 Å². The van der Waals surface area contributed by atoms with Gasteiger partial charge in [-0.15, -0.1) is 0 Å². The van der Waals surface area contributed by atoms with Crippen LogP contribution in [0.2, 0.25) is 5.02 Å². The van der Waals surface area contributed by atoms with Gasteiger partial charge in [0.2, 0.25) is 11.8 Å². The summed E-state index contributed by atoms with van der Waals surface area (Å²) in [5.74, 6) is -3.65. The summed E-state index contributed by atoms with van der Waals surface area (Å²) in [4.78, 5) is 36.7. The lowest BCUT2D eigenvalue weighted by molar-refractivity contribution is -0.149. The Labute approximate surface area is 144 Å².